The molecule has 0 aromatic carbocycles. The number of alkyl halides is 1. The highest BCUT2D eigenvalue weighted by molar-refractivity contribution is 6.30. The smallest absolute Gasteiger partial charge is 0.0647 e. The minimum absolute atomic E-state index is 0. The molecule has 62 valence electrons. The predicted molar refractivity (Wildman–Crippen MR) is 50.8 cm³/mol. The van der Waals surface area contributed by atoms with Crippen molar-refractivity contribution in [2.45, 2.75) is 12.8 Å². The van der Waals surface area contributed by atoms with E-state index in [2.05, 4.69) is 4.98 Å². The summed E-state index contributed by atoms with van der Waals surface area (Å²) in [5.74, 6) is 0.418. The van der Waals surface area contributed by atoms with Crippen LogP contribution >= 0.6 is 35.6 Å². The maximum Gasteiger partial charge on any atom is 0.0647 e. The zero-order valence-corrected chi connectivity index (χ0v) is 8.30. The molecule has 0 saturated heterocycles. The quantitative estimate of drug-likeness (QED) is 0.652. The number of hydrogen-bond acceptors (Lipinski definition) is 1. The number of aromatic nitrogens is 1. The lowest BCUT2D eigenvalue weighted by Crippen LogP contribution is -1.87. The van der Waals surface area contributed by atoms with E-state index in [0.717, 1.165) is 11.4 Å². The summed E-state index contributed by atoms with van der Waals surface area (Å²) in [7, 11) is 0. The molecule has 0 aliphatic heterocycles. The van der Waals surface area contributed by atoms with Gasteiger partial charge in [-0.1, -0.05) is 11.6 Å². The molecule has 1 rings (SSSR count). The molecule has 0 spiro atoms. The van der Waals surface area contributed by atoms with Gasteiger partial charge in [0.25, 0.3) is 0 Å². The molecule has 0 fully saturated rings. The summed E-state index contributed by atoms with van der Waals surface area (Å²) in [6, 6.07) is 3.57. The van der Waals surface area contributed by atoms with Gasteiger partial charge in [-0.3, -0.25) is 4.98 Å². The number of aryl methyl sites for hydroxylation is 1. The van der Waals surface area contributed by atoms with Crippen LogP contribution in [0.2, 0.25) is 5.02 Å². The number of hydrogen-bond donors (Lipinski definition) is 0. The van der Waals surface area contributed by atoms with Crippen molar-refractivity contribution in [3.63, 3.8) is 0 Å². The number of halogens is 3. The lowest BCUT2D eigenvalue weighted by molar-refractivity contribution is 1.10. The predicted octanol–water partition coefficient (Wildman–Crippen LogP) is 3.20. The highest BCUT2D eigenvalue weighted by atomic mass is 35.5. The third-order valence-electron chi connectivity index (χ3n) is 1.11. The highest BCUT2D eigenvalue weighted by Gasteiger charge is 1.95. The van der Waals surface area contributed by atoms with Crippen molar-refractivity contribution >= 4 is 35.6 Å². The Kier molecular flexibility index (Phi) is 4.82. The molecule has 4 heteroatoms. The third-order valence-corrected chi connectivity index (χ3v) is 1.60. The number of pyridine rings is 1. The summed E-state index contributed by atoms with van der Waals surface area (Å²) in [5.41, 5.74) is 1.73. The molecule has 0 atom stereocenters. The molecule has 0 N–H and O–H groups in total. The van der Waals surface area contributed by atoms with Gasteiger partial charge in [-0.2, -0.15) is 0 Å². The Bertz CT molecular complexity index is 217. The van der Waals surface area contributed by atoms with Crippen LogP contribution in [-0.4, -0.2) is 4.98 Å². The molecule has 0 aliphatic rings. The summed E-state index contributed by atoms with van der Waals surface area (Å²) in [5, 5.41) is 0.697. The molecule has 0 radical (unpaired) electrons. The van der Waals surface area contributed by atoms with Gasteiger partial charge in [-0.25, -0.2) is 0 Å². The van der Waals surface area contributed by atoms with Gasteiger partial charge < -0.3 is 0 Å². The molecular weight excluding hydrogens is 204 g/mol. The van der Waals surface area contributed by atoms with E-state index >= 15 is 0 Å². The first-order valence-corrected chi connectivity index (χ1v) is 3.82. The Morgan fingerprint density at radius 1 is 1.45 bits per heavy atom. The molecule has 0 bridgehead atoms. The van der Waals surface area contributed by atoms with E-state index in [1.807, 2.05) is 6.92 Å². The molecule has 1 heterocycles. The van der Waals surface area contributed by atoms with Crippen LogP contribution in [0.3, 0.4) is 0 Å². The SMILES string of the molecule is Cc1cc(Cl)cc(CCl)n1.Cl. The molecule has 0 amide bonds. The summed E-state index contributed by atoms with van der Waals surface area (Å²) >= 11 is 11.3. The number of nitrogens with zero attached hydrogens (tertiary/aromatic N) is 1. The molecule has 1 aromatic rings. The van der Waals surface area contributed by atoms with Crippen LogP contribution in [0.15, 0.2) is 12.1 Å². The summed E-state index contributed by atoms with van der Waals surface area (Å²) in [4.78, 5) is 4.14. The van der Waals surface area contributed by atoms with Crippen LogP contribution in [0.4, 0.5) is 0 Å². The van der Waals surface area contributed by atoms with Gasteiger partial charge in [0.15, 0.2) is 0 Å². The first-order chi connectivity index (χ1) is 4.72. The third kappa shape index (κ3) is 3.28. The first-order valence-electron chi connectivity index (χ1n) is 2.91. The maximum absolute atomic E-state index is 5.73. The van der Waals surface area contributed by atoms with E-state index in [4.69, 9.17) is 23.2 Å². The van der Waals surface area contributed by atoms with Crippen LogP contribution in [0, 0.1) is 6.92 Å². The molecule has 0 saturated carbocycles. The zero-order valence-electron chi connectivity index (χ0n) is 5.97. The number of rotatable bonds is 1. The van der Waals surface area contributed by atoms with Gasteiger partial charge in [0, 0.05) is 10.7 Å². The summed E-state index contributed by atoms with van der Waals surface area (Å²) in [6.45, 7) is 1.89. The summed E-state index contributed by atoms with van der Waals surface area (Å²) in [6.07, 6.45) is 0. The van der Waals surface area contributed by atoms with Crippen molar-refractivity contribution in [1.82, 2.24) is 4.98 Å². The normalized spacial score (nSPS) is 9.00. The van der Waals surface area contributed by atoms with Crippen LogP contribution < -0.4 is 0 Å². The van der Waals surface area contributed by atoms with Crippen LogP contribution in [0.25, 0.3) is 0 Å². The van der Waals surface area contributed by atoms with Gasteiger partial charge in [0.2, 0.25) is 0 Å². The minimum atomic E-state index is 0. The highest BCUT2D eigenvalue weighted by Crippen LogP contribution is 2.12. The van der Waals surface area contributed by atoms with E-state index in [1.165, 1.54) is 0 Å². The second kappa shape index (κ2) is 4.81. The topological polar surface area (TPSA) is 12.9 Å². The fourth-order valence-corrected chi connectivity index (χ4v) is 1.18. The van der Waals surface area contributed by atoms with Crippen molar-refractivity contribution < 1.29 is 0 Å². The van der Waals surface area contributed by atoms with Gasteiger partial charge in [-0.05, 0) is 19.1 Å². The Balaban J connectivity index is 0.000001000. The average molecular weight is 213 g/mol. The fourth-order valence-electron chi connectivity index (χ4n) is 0.760. The van der Waals surface area contributed by atoms with Crippen molar-refractivity contribution in [2.24, 2.45) is 0 Å². The van der Waals surface area contributed by atoms with E-state index in [1.54, 1.807) is 12.1 Å². The van der Waals surface area contributed by atoms with E-state index in [-0.39, 0.29) is 12.4 Å². The Hall–Kier alpha value is 0.0200. The Labute approximate surface area is 82.1 Å². The molecule has 1 aromatic heterocycles. The lowest BCUT2D eigenvalue weighted by atomic mass is 10.3. The molecule has 0 unspecified atom stereocenters. The fraction of sp³-hybridized carbons (Fsp3) is 0.286. The largest absolute Gasteiger partial charge is 0.257 e. The van der Waals surface area contributed by atoms with E-state index in [9.17, 15) is 0 Å². The van der Waals surface area contributed by atoms with E-state index < -0.39 is 0 Å². The molecular formula is C7H8Cl3N. The van der Waals surface area contributed by atoms with Gasteiger partial charge >= 0.3 is 0 Å². The first kappa shape index (κ1) is 11.0. The van der Waals surface area contributed by atoms with Crippen molar-refractivity contribution in [3.05, 3.63) is 28.5 Å². The van der Waals surface area contributed by atoms with Crippen molar-refractivity contribution in [2.75, 3.05) is 0 Å². The average Bonchev–Trinajstić information content (AvgIpc) is 1.85. The van der Waals surface area contributed by atoms with Gasteiger partial charge in [0.1, 0.15) is 0 Å². The van der Waals surface area contributed by atoms with Crippen LogP contribution in [0.5, 0.6) is 0 Å². The second-order valence-electron chi connectivity index (χ2n) is 2.05. The van der Waals surface area contributed by atoms with Gasteiger partial charge in [0.05, 0.1) is 11.6 Å². The Morgan fingerprint density at radius 3 is 2.55 bits per heavy atom. The van der Waals surface area contributed by atoms with E-state index in [0.29, 0.717) is 10.9 Å². The Morgan fingerprint density at radius 2 is 2.09 bits per heavy atom. The maximum atomic E-state index is 5.73. The zero-order chi connectivity index (χ0) is 7.56. The van der Waals surface area contributed by atoms with Crippen molar-refractivity contribution in [3.8, 4) is 0 Å². The lowest BCUT2D eigenvalue weighted by Gasteiger charge is -1.97. The molecule has 11 heavy (non-hydrogen) atoms. The standard InChI is InChI=1S/C7H7Cl2N.ClH/c1-5-2-6(9)3-7(4-8)10-5;/h2-3H,4H2,1H3;1H. The second-order valence-corrected chi connectivity index (χ2v) is 2.76. The minimum Gasteiger partial charge on any atom is -0.257 e. The van der Waals surface area contributed by atoms with Crippen LogP contribution in [0.1, 0.15) is 11.4 Å². The summed E-state index contributed by atoms with van der Waals surface area (Å²) < 4.78 is 0. The van der Waals surface area contributed by atoms with Crippen molar-refractivity contribution in [1.29, 1.82) is 0 Å². The molecule has 0 aliphatic carbocycles. The van der Waals surface area contributed by atoms with Gasteiger partial charge in [-0.15, -0.1) is 24.0 Å². The molecule has 1 nitrogen and oxygen atoms in total. The van der Waals surface area contributed by atoms with Crippen LogP contribution in [-0.2, 0) is 5.88 Å². The monoisotopic (exact) mass is 211 g/mol.